The van der Waals surface area contributed by atoms with Crippen molar-refractivity contribution in [2.75, 3.05) is 0 Å². The Morgan fingerprint density at radius 3 is 2.50 bits per heavy atom. The van der Waals surface area contributed by atoms with Gasteiger partial charge in [0.25, 0.3) is 0 Å². The van der Waals surface area contributed by atoms with Crippen LogP contribution in [0.5, 0.6) is 0 Å². The van der Waals surface area contributed by atoms with E-state index in [0.29, 0.717) is 5.56 Å². The summed E-state index contributed by atoms with van der Waals surface area (Å²) in [5.74, 6) is -0.822. The number of carboxylic acid groups (broad SMARTS) is 1. The van der Waals surface area contributed by atoms with Crippen LogP contribution in [-0.2, 0) is 12.8 Å². The van der Waals surface area contributed by atoms with E-state index < -0.39 is 5.97 Å². The molecule has 0 aromatic heterocycles. The molecular weight excluding hydrogens is 176 g/mol. The van der Waals surface area contributed by atoms with E-state index in [0.717, 1.165) is 12.8 Å². The van der Waals surface area contributed by atoms with Crippen LogP contribution in [0, 0.1) is 0 Å². The predicted molar refractivity (Wildman–Crippen MR) is 54.7 cm³/mol. The van der Waals surface area contributed by atoms with Crippen molar-refractivity contribution in [1.29, 1.82) is 0 Å². The summed E-state index contributed by atoms with van der Waals surface area (Å²) in [5.41, 5.74) is 3.00. The lowest BCUT2D eigenvalue weighted by atomic mass is 10.0. The Bertz CT molecular complexity index is 355. The molecule has 14 heavy (non-hydrogen) atoms. The molecule has 1 aliphatic rings. The van der Waals surface area contributed by atoms with Gasteiger partial charge in [0.1, 0.15) is 0 Å². The van der Waals surface area contributed by atoms with Gasteiger partial charge in [-0.1, -0.05) is 12.5 Å². The lowest BCUT2D eigenvalue weighted by Crippen LogP contribution is -1.99. The maximum atomic E-state index is 10.8. The molecule has 0 fully saturated rings. The first-order valence-electron chi connectivity index (χ1n) is 5.12. The van der Waals surface area contributed by atoms with E-state index in [1.165, 1.54) is 30.4 Å². The van der Waals surface area contributed by atoms with E-state index in [9.17, 15) is 4.79 Å². The first-order chi connectivity index (χ1) is 6.77. The first kappa shape index (κ1) is 9.25. The highest BCUT2D eigenvalue weighted by Gasteiger charge is 2.10. The maximum Gasteiger partial charge on any atom is 0.335 e. The Balaban J connectivity index is 2.37. The smallest absolute Gasteiger partial charge is 0.335 e. The summed E-state index contributed by atoms with van der Waals surface area (Å²) in [5, 5.41) is 8.86. The van der Waals surface area contributed by atoms with Crippen molar-refractivity contribution in [3.63, 3.8) is 0 Å². The molecule has 0 atom stereocenters. The Hall–Kier alpha value is -1.31. The second kappa shape index (κ2) is 3.82. The number of rotatable bonds is 1. The van der Waals surface area contributed by atoms with Gasteiger partial charge in [0.05, 0.1) is 5.56 Å². The predicted octanol–water partition coefficient (Wildman–Crippen LogP) is 2.65. The number of carbonyl (C=O) groups is 1. The summed E-state index contributed by atoms with van der Waals surface area (Å²) >= 11 is 0. The van der Waals surface area contributed by atoms with E-state index in [-0.39, 0.29) is 0 Å². The monoisotopic (exact) mass is 190 g/mol. The quantitative estimate of drug-likeness (QED) is 0.691. The Kier molecular flexibility index (Phi) is 2.53. The van der Waals surface area contributed by atoms with Gasteiger partial charge in [-0.15, -0.1) is 0 Å². The Morgan fingerprint density at radius 1 is 1.07 bits per heavy atom. The minimum atomic E-state index is -0.822. The zero-order valence-electron chi connectivity index (χ0n) is 8.12. The van der Waals surface area contributed by atoms with E-state index in [4.69, 9.17) is 5.11 Å². The van der Waals surface area contributed by atoms with Crippen LogP contribution in [0.1, 0.15) is 40.7 Å². The van der Waals surface area contributed by atoms with Crippen LogP contribution < -0.4 is 0 Å². The van der Waals surface area contributed by atoms with Crippen LogP contribution >= 0.6 is 0 Å². The molecule has 1 aromatic carbocycles. The molecular formula is C12H14O2. The fourth-order valence-electron chi connectivity index (χ4n) is 2.04. The summed E-state index contributed by atoms with van der Waals surface area (Å²) in [7, 11) is 0. The van der Waals surface area contributed by atoms with Crippen molar-refractivity contribution in [2.24, 2.45) is 0 Å². The molecule has 0 spiro atoms. The highest BCUT2D eigenvalue weighted by molar-refractivity contribution is 5.87. The van der Waals surface area contributed by atoms with Crippen LogP contribution in [-0.4, -0.2) is 11.1 Å². The molecule has 0 heterocycles. The molecule has 0 bridgehead atoms. The van der Waals surface area contributed by atoms with Gasteiger partial charge in [0.2, 0.25) is 0 Å². The molecule has 0 aliphatic heterocycles. The minimum Gasteiger partial charge on any atom is -0.478 e. The van der Waals surface area contributed by atoms with Crippen LogP contribution in [0.4, 0.5) is 0 Å². The molecule has 0 saturated carbocycles. The number of carboxylic acids is 1. The number of aryl methyl sites for hydroxylation is 2. The SMILES string of the molecule is O=C(O)c1ccc2c(c1)CCCCC2. The molecule has 2 nitrogen and oxygen atoms in total. The Labute approximate surface area is 83.6 Å². The second-order valence-electron chi connectivity index (χ2n) is 3.85. The number of hydrogen-bond acceptors (Lipinski definition) is 1. The fourth-order valence-corrected chi connectivity index (χ4v) is 2.04. The molecule has 74 valence electrons. The normalized spacial score (nSPS) is 15.7. The van der Waals surface area contributed by atoms with E-state index in [1.807, 2.05) is 12.1 Å². The summed E-state index contributed by atoms with van der Waals surface area (Å²) in [6.45, 7) is 0. The largest absolute Gasteiger partial charge is 0.478 e. The van der Waals surface area contributed by atoms with Gasteiger partial charge in [-0.25, -0.2) is 4.79 Å². The van der Waals surface area contributed by atoms with Crippen molar-refractivity contribution >= 4 is 5.97 Å². The highest BCUT2D eigenvalue weighted by atomic mass is 16.4. The van der Waals surface area contributed by atoms with Crippen molar-refractivity contribution in [3.05, 3.63) is 34.9 Å². The second-order valence-corrected chi connectivity index (χ2v) is 3.85. The molecule has 2 heteroatoms. The van der Waals surface area contributed by atoms with Crippen LogP contribution in [0.3, 0.4) is 0 Å². The molecule has 1 aliphatic carbocycles. The van der Waals surface area contributed by atoms with Crippen molar-refractivity contribution in [2.45, 2.75) is 32.1 Å². The van der Waals surface area contributed by atoms with Gasteiger partial charge in [-0.3, -0.25) is 0 Å². The first-order valence-corrected chi connectivity index (χ1v) is 5.12. The van der Waals surface area contributed by atoms with Crippen molar-refractivity contribution in [3.8, 4) is 0 Å². The summed E-state index contributed by atoms with van der Waals surface area (Å²) < 4.78 is 0. The maximum absolute atomic E-state index is 10.8. The molecule has 1 N–H and O–H groups in total. The van der Waals surface area contributed by atoms with Crippen LogP contribution in [0.15, 0.2) is 18.2 Å². The molecule has 1 aromatic rings. The average molecular weight is 190 g/mol. The molecule has 0 saturated heterocycles. The zero-order chi connectivity index (χ0) is 9.97. The van der Waals surface area contributed by atoms with Gasteiger partial charge >= 0.3 is 5.97 Å². The summed E-state index contributed by atoms with van der Waals surface area (Å²) in [6.07, 6.45) is 5.83. The average Bonchev–Trinajstić information content (AvgIpc) is 2.41. The molecule has 0 amide bonds. The number of aromatic carboxylic acids is 1. The molecule has 2 rings (SSSR count). The Morgan fingerprint density at radius 2 is 1.79 bits per heavy atom. The minimum absolute atomic E-state index is 0.422. The number of fused-ring (bicyclic) bond motifs is 1. The number of benzene rings is 1. The lowest BCUT2D eigenvalue weighted by Gasteiger charge is -2.05. The van der Waals surface area contributed by atoms with E-state index in [2.05, 4.69) is 0 Å². The van der Waals surface area contributed by atoms with Gasteiger partial charge in [0.15, 0.2) is 0 Å². The third kappa shape index (κ3) is 1.79. The lowest BCUT2D eigenvalue weighted by molar-refractivity contribution is 0.0697. The highest BCUT2D eigenvalue weighted by Crippen LogP contribution is 2.21. The van der Waals surface area contributed by atoms with Gasteiger partial charge in [0, 0.05) is 0 Å². The fraction of sp³-hybridized carbons (Fsp3) is 0.417. The topological polar surface area (TPSA) is 37.3 Å². The molecule has 0 radical (unpaired) electrons. The number of hydrogen-bond donors (Lipinski definition) is 1. The van der Waals surface area contributed by atoms with E-state index in [1.54, 1.807) is 6.07 Å². The zero-order valence-corrected chi connectivity index (χ0v) is 8.12. The third-order valence-corrected chi connectivity index (χ3v) is 2.85. The van der Waals surface area contributed by atoms with E-state index >= 15 is 0 Å². The summed E-state index contributed by atoms with van der Waals surface area (Å²) in [4.78, 5) is 10.8. The van der Waals surface area contributed by atoms with Crippen LogP contribution in [0.2, 0.25) is 0 Å². The van der Waals surface area contributed by atoms with Gasteiger partial charge in [-0.05, 0) is 48.9 Å². The third-order valence-electron chi connectivity index (χ3n) is 2.85. The standard InChI is InChI=1S/C12H14O2/c13-12(14)11-7-6-9-4-2-1-3-5-10(9)8-11/h6-8H,1-5H2,(H,13,14). The van der Waals surface area contributed by atoms with Crippen LogP contribution in [0.25, 0.3) is 0 Å². The van der Waals surface area contributed by atoms with Gasteiger partial charge < -0.3 is 5.11 Å². The van der Waals surface area contributed by atoms with Gasteiger partial charge in [-0.2, -0.15) is 0 Å². The molecule has 0 unspecified atom stereocenters. The van der Waals surface area contributed by atoms with Crippen molar-refractivity contribution < 1.29 is 9.90 Å². The summed E-state index contributed by atoms with van der Waals surface area (Å²) in [6, 6.07) is 5.53. The van der Waals surface area contributed by atoms with Crippen molar-refractivity contribution in [1.82, 2.24) is 0 Å².